The zero-order chi connectivity index (χ0) is 25.3. The minimum Gasteiger partial charge on any atom is -0.489 e. The summed E-state index contributed by atoms with van der Waals surface area (Å²) in [6, 6.07) is 7.09. The lowest BCUT2D eigenvalue weighted by Gasteiger charge is -2.15. The molecule has 0 radical (unpaired) electrons. The second-order valence-electron chi connectivity index (χ2n) is 8.72. The van der Waals surface area contributed by atoms with Gasteiger partial charge in [0, 0.05) is 68.0 Å². The summed E-state index contributed by atoms with van der Waals surface area (Å²) >= 11 is 6.11. The van der Waals surface area contributed by atoms with Crippen LogP contribution in [0.3, 0.4) is 0 Å². The van der Waals surface area contributed by atoms with Crippen LogP contribution in [0.25, 0.3) is 16.8 Å². The highest BCUT2D eigenvalue weighted by atomic mass is 35.5. The molecule has 7 nitrogen and oxygen atoms in total. The number of carbonyl (C=O) groups is 1. The van der Waals surface area contributed by atoms with Crippen molar-refractivity contribution in [3.63, 3.8) is 0 Å². The van der Waals surface area contributed by atoms with Crippen LogP contribution in [0.5, 0.6) is 5.75 Å². The van der Waals surface area contributed by atoms with E-state index in [9.17, 15) is 4.79 Å². The lowest BCUT2D eigenvalue weighted by molar-refractivity contribution is 0.0820. The third-order valence-electron chi connectivity index (χ3n) is 6.11. The van der Waals surface area contributed by atoms with E-state index < -0.39 is 5.82 Å². The first-order valence-electron chi connectivity index (χ1n) is 11.5. The number of halogens is 2. The van der Waals surface area contributed by atoms with Gasteiger partial charge in [-0.1, -0.05) is 24.9 Å². The van der Waals surface area contributed by atoms with Crippen molar-refractivity contribution in [2.45, 2.75) is 33.1 Å². The Morgan fingerprint density at radius 2 is 1.97 bits per heavy atom. The Morgan fingerprint density at radius 3 is 2.69 bits per heavy atom. The van der Waals surface area contributed by atoms with Crippen molar-refractivity contribution in [1.82, 2.24) is 24.1 Å². The van der Waals surface area contributed by atoms with Crippen molar-refractivity contribution < 1.29 is 13.9 Å². The van der Waals surface area contributed by atoms with Gasteiger partial charge in [-0.15, -0.1) is 0 Å². The maximum atomic E-state index is 15.2. The second-order valence-corrected chi connectivity index (χ2v) is 9.12. The molecule has 1 aromatic carbocycles. The van der Waals surface area contributed by atoms with Crippen LogP contribution in [-0.4, -0.2) is 50.7 Å². The lowest BCUT2D eigenvalue weighted by atomic mass is 10.1. The molecular formula is C26H29ClFN5O2. The Hall–Kier alpha value is -3.39. The number of hydrogen-bond acceptors (Lipinski definition) is 4. The summed E-state index contributed by atoms with van der Waals surface area (Å²) in [5.41, 5.74) is 5.32. The minimum atomic E-state index is -0.615. The number of benzene rings is 1. The highest BCUT2D eigenvalue weighted by molar-refractivity contribution is 6.31. The van der Waals surface area contributed by atoms with E-state index in [4.69, 9.17) is 16.3 Å². The number of imidazole rings is 1. The number of hydrogen-bond donors (Lipinski definition) is 0. The Bertz CT molecular complexity index is 1390. The number of rotatable bonds is 8. The molecule has 184 valence electrons. The molecule has 1 amide bonds. The van der Waals surface area contributed by atoms with E-state index in [1.165, 1.54) is 11.0 Å². The van der Waals surface area contributed by atoms with Crippen molar-refractivity contribution in [3.8, 4) is 16.9 Å². The van der Waals surface area contributed by atoms with Crippen LogP contribution in [0.1, 0.15) is 40.8 Å². The number of aryl methyl sites for hydroxylation is 2. The van der Waals surface area contributed by atoms with Crippen LogP contribution >= 0.6 is 11.6 Å². The summed E-state index contributed by atoms with van der Waals surface area (Å²) in [5.74, 6) is -0.720. The van der Waals surface area contributed by atoms with Gasteiger partial charge in [0.25, 0.3) is 5.91 Å². The highest BCUT2D eigenvalue weighted by Crippen LogP contribution is 2.36. The standard InChI is InChI=1S/C26H29ClFN5O2/c1-6-7-18-14-29-22-11-8-17(15-33(18)22)20-9-10-21(27)23(28)25(20)35-13-12-19-16(2)32(5)30-24(19)26(34)31(3)4/h8-11,14-15H,6-7,12-13H2,1-5H3. The van der Waals surface area contributed by atoms with Gasteiger partial charge in [-0.05, 0) is 37.6 Å². The van der Waals surface area contributed by atoms with Crippen LogP contribution in [0.2, 0.25) is 5.02 Å². The molecule has 0 aliphatic heterocycles. The van der Waals surface area contributed by atoms with E-state index in [2.05, 4.69) is 17.0 Å². The molecule has 0 fully saturated rings. The molecule has 9 heteroatoms. The molecule has 3 heterocycles. The predicted octanol–water partition coefficient (Wildman–Crippen LogP) is 5.11. The fraction of sp³-hybridized carbons (Fsp3) is 0.346. The van der Waals surface area contributed by atoms with Crippen LogP contribution in [0.4, 0.5) is 4.39 Å². The number of pyridine rings is 1. The molecular weight excluding hydrogens is 469 g/mol. The van der Waals surface area contributed by atoms with E-state index in [1.54, 1.807) is 31.9 Å². The van der Waals surface area contributed by atoms with Gasteiger partial charge in [-0.3, -0.25) is 9.48 Å². The number of amides is 1. The number of carbonyl (C=O) groups excluding carboxylic acids is 1. The number of nitrogens with zero attached hydrogens (tertiary/aromatic N) is 5. The molecule has 4 aromatic rings. The first kappa shape index (κ1) is 24.7. The smallest absolute Gasteiger partial charge is 0.274 e. The fourth-order valence-electron chi connectivity index (χ4n) is 4.12. The quantitative estimate of drug-likeness (QED) is 0.339. The Kier molecular flexibility index (Phi) is 7.12. The second kappa shape index (κ2) is 10.1. The van der Waals surface area contributed by atoms with Crippen LogP contribution in [0, 0.1) is 12.7 Å². The third kappa shape index (κ3) is 4.75. The van der Waals surface area contributed by atoms with E-state index >= 15 is 4.39 Å². The van der Waals surface area contributed by atoms with Crippen molar-refractivity contribution in [1.29, 1.82) is 0 Å². The van der Waals surface area contributed by atoms with Crippen LogP contribution in [0.15, 0.2) is 36.7 Å². The molecule has 0 bridgehead atoms. The van der Waals surface area contributed by atoms with Crippen molar-refractivity contribution in [2.75, 3.05) is 20.7 Å². The summed E-state index contributed by atoms with van der Waals surface area (Å²) in [5, 5.41) is 4.35. The van der Waals surface area contributed by atoms with E-state index in [1.807, 2.05) is 35.9 Å². The molecule has 0 unspecified atom stereocenters. The van der Waals surface area contributed by atoms with E-state index in [0.717, 1.165) is 41.0 Å². The maximum absolute atomic E-state index is 15.2. The summed E-state index contributed by atoms with van der Waals surface area (Å²) in [7, 11) is 5.16. The average molecular weight is 498 g/mol. The summed E-state index contributed by atoms with van der Waals surface area (Å²) < 4.78 is 24.9. The summed E-state index contributed by atoms with van der Waals surface area (Å²) in [6.07, 6.45) is 6.09. The van der Waals surface area contributed by atoms with E-state index in [-0.39, 0.29) is 23.3 Å². The van der Waals surface area contributed by atoms with E-state index in [0.29, 0.717) is 17.7 Å². The van der Waals surface area contributed by atoms with Gasteiger partial charge in [0.15, 0.2) is 17.3 Å². The first-order chi connectivity index (χ1) is 16.7. The molecule has 3 aromatic heterocycles. The van der Waals surface area contributed by atoms with Gasteiger partial charge < -0.3 is 14.0 Å². The highest BCUT2D eigenvalue weighted by Gasteiger charge is 2.22. The fourth-order valence-corrected chi connectivity index (χ4v) is 4.27. The first-order valence-corrected chi connectivity index (χ1v) is 11.9. The number of ether oxygens (including phenoxy) is 1. The summed E-state index contributed by atoms with van der Waals surface area (Å²) in [6.45, 7) is 4.17. The van der Waals surface area contributed by atoms with Gasteiger partial charge in [0.1, 0.15) is 5.65 Å². The lowest BCUT2D eigenvalue weighted by Crippen LogP contribution is -2.23. The SMILES string of the molecule is CCCc1cnc2ccc(-c3ccc(Cl)c(F)c3OCCc3c(C(=O)N(C)C)nn(C)c3C)cn12. The Balaban J connectivity index is 1.66. The molecule has 0 saturated carbocycles. The maximum Gasteiger partial charge on any atom is 0.274 e. The molecule has 0 atom stereocenters. The van der Waals surface area contributed by atoms with Crippen molar-refractivity contribution >= 4 is 23.2 Å². The average Bonchev–Trinajstić information content (AvgIpc) is 3.36. The predicted molar refractivity (Wildman–Crippen MR) is 135 cm³/mol. The molecule has 4 rings (SSSR count). The largest absolute Gasteiger partial charge is 0.489 e. The summed E-state index contributed by atoms with van der Waals surface area (Å²) in [4.78, 5) is 18.5. The molecule has 0 spiro atoms. The van der Waals surface area contributed by atoms with Gasteiger partial charge in [0.05, 0.1) is 11.6 Å². The monoisotopic (exact) mass is 497 g/mol. The zero-order valence-corrected chi connectivity index (χ0v) is 21.4. The van der Waals surface area contributed by atoms with Crippen molar-refractivity contribution in [3.05, 3.63) is 70.1 Å². The van der Waals surface area contributed by atoms with Gasteiger partial charge in [0.2, 0.25) is 0 Å². The topological polar surface area (TPSA) is 64.7 Å². The number of aromatic nitrogens is 4. The number of fused-ring (bicyclic) bond motifs is 1. The normalized spacial score (nSPS) is 11.3. The zero-order valence-electron chi connectivity index (χ0n) is 20.6. The molecule has 0 N–H and O–H groups in total. The molecule has 0 saturated heterocycles. The minimum absolute atomic E-state index is 0.0137. The van der Waals surface area contributed by atoms with Gasteiger partial charge >= 0.3 is 0 Å². The third-order valence-corrected chi connectivity index (χ3v) is 6.41. The molecule has 0 aliphatic rings. The Morgan fingerprint density at radius 1 is 1.20 bits per heavy atom. The molecule has 0 aliphatic carbocycles. The van der Waals surface area contributed by atoms with Crippen LogP contribution in [-0.2, 0) is 19.9 Å². The molecule has 35 heavy (non-hydrogen) atoms. The van der Waals surface area contributed by atoms with Crippen LogP contribution < -0.4 is 4.74 Å². The Labute approximate surface area is 209 Å². The van der Waals surface area contributed by atoms with Gasteiger partial charge in [-0.25, -0.2) is 9.37 Å². The van der Waals surface area contributed by atoms with Gasteiger partial charge in [-0.2, -0.15) is 5.10 Å². The van der Waals surface area contributed by atoms with Crippen molar-refractivity contribution in [2.24, 2.45) is 7.05 Å².